The number of nitrogens with zero attached hydrogens (tertiary/aromatic N) is 5. The standard InChI is InChI=1S/C19H20F3N7O2/c20-19(21,22)14-10-15(26-27-18(14)31)24-5-1-2-17(30)29-8-6-28(7-9-29)16-4-3-13(11-23)12-25-16/h3-4,10,12H,1-2,5-9H2,(H,24,26)(H,27,31). The summed E-state index contributed by atoms with van der Waals surface area (Å²) in [5.41, 5.74) is -2.14. The zero-order chi connectivity index (χ0) is 22.4. The smallest absolute Gasteiger partial charge is 0.369 e. The van der Waals surface area contributed by atoms with Crippen LogP contribution >= 0.6 is 0 Å². The normalized spacial score (nSPS) is 14.3. The molecule has 12 heteroatoms. The molecule has 0 spiro atoms. The molecule has 3 rings (SSSR count). The summed E-state index contributed by atoms with van der Waals surface area (Å²) < 4.78 is 38.3. The zero-order valence-electron chi connectivity index (χ0n) is 16.4. The number of hydrogen-bond donors (Lipinski definition) is 2. The lowest BCUT2D eigenvalue weighted by Crippen LogP contribution is -2.49. The first kappa shape index (κ1) is 22.1. The number of pyridine rings is 1. The van der Waals surface area contributed by atoms with Gasteiger partial charge in [-0.3, -0.25) is 9.59 Å². The monoisotopic (exact) mass is 435 g/mol. The summed E-state index contributed by atoms with van der Waals surface area (Å²) >= 11 is 0. The number of hydrogen-bond acceptors (Lipinski definition) is 7. The molecule has 1 aliphatic heterocycles. The highest BCUT2D eigenvalue weighted by Crippen LogP contribution is 2.27. The molecule has 0 bridgehead atoms. The maximum absolute atomic E-state index is 12.8. The van der Waals surface area contributed by atoms with Crippen molar-refractivity contribution in [1.82, 2.24) is 20.1 Å². The third kappa shape index (κ3) is 5.71. The molecule has 0 radical (unpaired) electrons. The zero-order valence-corrected chi connectivity index (χ0v) is 16.4. The topological polar surface area (TPSA) is 118 Å². The second-order valence-electron chi connectivity index (χ2n) is 6.91. The molecule has 0 unspecified atom stereocenters. The van der Waals surface area contributed by atoms with Gasteiger partial charge in [-0.1, -0.05) is 0 Å². The summed E-state index contributed by atoms with van der Waals surface area (Å²) in [6.07, 6.45) is -2.62. The van der Waals surface area contributed by atoms with Crippen molar-refractivity contribution in [3.8, 4) is 6.07 Å². The molecule has 2 aromatic heterocycles. The van der Waals surface area contributed by atoms with Crippen LogP contribution in [0.3, 0.4) is 0 Å². The Hall–Kier alpha value is -3.62. The summed E-state index contributed by atoms with van der Waals surface area (Å²) in [7, 11) is 0. The van der Waals surface area contributed by atoms with Crippen molar-refractivity contribution in [3.63, 3.8) is 0 Å². The molecule has 2 N–H and O–H groups in total. The van der Waals surface area contributed by atoms with Crippen LogP contribution in [0.15, 0.2) is 29.2 Å². The van der Waals surface area contributed by atoms with Gasteiger partial charge in [0.2, 0.25) is 5.91 Å². The van der Waals surface area contributed by atoms with Gasteiger partial charge in [-0.15, -0.1) is 0 Å². The number of rotatable bonds is 6. The van der Waals surface area contributed by atoms with Crippen LogP contribution in [-0.4, -0.2) is 58.7 Å². The van der Waals surface area contributed by atoms with Gasteiger partial charge in [0.25, 0.3) is 5.56 Å². The molecule has 2 aromatic rings. The van der Waals surface area contributed by atoms with Crippen LogP contribution in [0.1, 0.15) is 24.0 Å². The largest absolute Gasteiger partial charge is 0.421 e. The van der Waals surface area contributed by atoms with Gasteiger partial charge >= 0.3 is 6.18 Å². The first-order valence-corrected chi connectivity index (χ1v) is 9.57. The van der Waals surface area contributed by atoms with Gasteiger partial charge in [0.1, 0.15) is 23.3 Å². The van der Waals surface area contributed by atoms with Crippen LogP contribution in [0.5, 0.6) is 0 Å². The minimum atomic E-state index is -4.77. The highest BCUT2D eigenvalue weighted by atomic mass is 19.4. The van der Waals surface area contributed by atoms with Gasteiger partial charge in [-0.25, -0.2) is 10.1 Å². The number of nitrogens with one attached hydrogen (secondary N) is 2. The van der Waals surface area contributed by atoms with Crippen molar-refractivity contribution in [3.05, 3.63) is 45.9 Å². The van der Waals surface area contributed by atoms with Crippen molar-refractivity contribution < 1.29 is 18.0 Å². The van der Waals surface area contributed by atoms with E-state index in [0.717, 1.165) is 5.82 Å². The first-order chi connectivity index (χ1) is 14.8. The first-order valence-electron chi connectivity index (χ1n) is 9.57. The molecule has 0 atom stereocenters. The van der Waals surface area contributed by atoms with Crippen LogP contribution in [0.4, 0.5) is 24.8 Å². The third-order valence-corrected chi connectivity index (χ3v) is 4.82. The predicted molar refractivity (Wildman–Crippen MR) is 105 cm³/mol. The quantitative estimate of drug-likeness (QED) is 0.662. The van der Waals surface area contributed by atoms with Gasteiger partial charge in [-0.2, -0.15) is 23.5 Å². The Morgan fingerprint density at radius 2 is 2.00 bits per heavy atom. The lowest BCUT2D eigenvalue weighted by Gasteiger charge is -2.35. The molecule has 1 fully saturated rings. The van der Waals surface area contributed by atoms with Crippen LogP contribution < -0.4 is 15.8 Å². The number of aromatic nitrogens is 3. The van der Waals surface area contributed by atoms with E-state index in [1.54, 1.807) is 17.0 Å². The average Bonchev–Trinajstić information content (AvgIpc) is 2.77. The maximum atomic E-state index is 12.8. The van der Waals surface area contributed by atoms with Crippen molar-refractivity contribution in [1.29, 1.82) is 5.26 Å². The summed E-state index contributed by atoms with van der Waals surface area (Å²) in [6.45, 7) is 2.53. The minimum Gasteiger partial charge on any atom is -0.369 e. The number of anilines is 2. The summed E-state index contributed by atoms with van der Waals surface area (Å²) in [5.74, 6) is 0.601. The second-order valence-corrected chi connectivity index (χ2v) is 6.91. The van der Waals surface area contributed by atoms with E-state index in [-0.39, 0.29) is 24.7 Å². The molecule has 0 aliphatic carbocycles. The Balaban J connectivity index is 1.42. The van der Waals surface area contributed by atoms with E-state index >= 15 is 0 Å². The van der Waals surface area contributed by atoms with E-state index in [1.807, 2.05) is 16.1 Å². The number of amides is 1. The van der Waals surface area contributed by atoms with E-state index in [1.165, 1.54) is 6.20 Å². The van der Waals surface area contributed by atoms with Gasteiger partial charge in [0.05, 0.1) is 5.56 Å². The van der Waals surface area contributed by atoms with E-state index in [2.05, 4.69) is 15.4 Å². The number of alkyl halides is 3. The molecular weight excluding hydrogens is 415 g/mol. The fraction of sp³-hybridized carbons (Fsp3) is 0.421. The van der Waals surface area contributed by atoms with E-state index in [9.17, 15) is 22.8 Å². The number of aromatic amines is 1. The van der Waals surface area contributed by atoms with E-state index in [4.69, 9.17) is 5.26 Å². The Kier molecular flexibility index (Phi) is 6.74. The molecule has 1 aliphatic rings. The molecule has 0 aromatic carbocycles. The fourth-order valence-corrected chi connectivity index (χ4v) is 3.15. The number of H-pyrrole nitrogens is 1. The number of piperazine rings is 1. The number of carbonyl (C=O) groups is 1. The Bertz CT molecular complexity index is 1010. The van der Waals surface area contributed by atoms with Crippen LogP contribution in [0.25, 0.3) is 0 Å². The second kappa shape index (κ2) is 9.46. The SMILES string of the molecule is N#Cc1ccc(N2CCN(C(=O)CCCNc3cc(C(F)(F)F)c(=O)[nH]n3)CC2)nc1. The highest BCUT2D eigenvalue weighted by molar-refractivity contribution is 5.76. The molecule has 0 saturated carbocycles. The highest BCUT2D eigenvalue weighted by Gasteiger charge is 2.34. The molecule has 1 saturated heterocycles. The number of halogens is 3. The molecule has 31 heavy (non-hydrogen) atoms. The Labute approximate surface area is 175 Å². The summed E-state index contributed by atoms with van der Waals surface area (Å²) in [4.78, 5) is 31.6. The molecule has 9 nitrogen and oxygen atoms in total. The molecule has 1 amide bonds. The third-order valence-electron chi connectivity index (χ3n) is 4.82. The van der Waals surface area contributed by atoms with Crippen molar-refractivity contribution in [2.75, 3.05) is 42.9 Å². The predicted octanol–water partition coefficient (Wildman–Crippen LogP) is 1.60. The summed E-state index contributed by atoms with van der Waals surface area (Å²) in [6, 6.07) is 6.14. The lowest BCUT2D eigenvalue weighted by atomic mass is 10.2. The Morgan fingerprint density at radius 1 is 1.26 bits per heavy atom. The van der Waals surface area contributed by atoms with E-state index in [0.29, 0.717) is 44.2 Å². The average molecular weight is 435 g/mol. The number of carbonyl (C=O) groups excluding carboxylic acids is 1. The van der Waals surface area contributed by atoms with Crippen LogP contribution in [0.2, 0.25) is 0 Å². The lowest BCUT2D eigenvalue weighted by molar-refractivity contribution is -0.138. The van der Waals surface area contributed by atoms with Crippen LogP contribution in [0, 0.1) is 11.3 Å². The molecule has 3 heterocycles. The molecule has 164 valence electrons. The van der Waals surface area contributed by atoms with Gasteiger partial charge in [-0.05, 0) is 18.6 Å². The maximum Gasteiger partial charge on any atom is 0.421 e. The van der Waals surface area contributed by atoms with Crippen molar-refractivity contribution in [2.24, 2.45) is 0 Å². The van der Waals surface area contributed by atoms with Gasteiger partial charge < -0.3 is 15.1 Å². The van der Waals surface area contributed by atoms with Gasteiger partial charge in [0.15, 0.2) is 0 Å². The summed E-state index contributed by atoms with van der Waals surface area (Å²) in [5, 5.41) is 16.9. The number of nitriles is 1. The van der Waals surface area contributed by atoms with Crippen molar-refractivity contribution >= 4 is 17.5 Å². The molecular formula is C19H20F3N7O2. The van der Waals surface area contributed by atoms with Gasteiger partial charge in [0, 0.05) is 51.4 Å². The van der Waals surface area contributed by atoms with Crippen molar-refractivity contribution in [2.45, 2.75) is 19.0 Å². The van der Waals surface area contributed by atoms with E-state index < -0.39 is 17.3 Å². The van der Waals surface area contributed by atoms with Crippen LogP contribution in [-0.2, 0) is 11.0 Å². The minimum absolute atomic E-state index is 0.0420. The fourth-order valence-electron chi connectivity index (χ4n) is 3.15. The Morgan fingerprint density at radius 3 is 2.61 bits per heavy atom.